The normalized spacial score (nSPS) is 12.3. The summed E-state index contributed by atoms with van der Waals surface area (Å²) in [6.45, 7) is 7.22. The van der Waals surface area contributed by atoms with Crippen molar-refractivity contribution in [3.8, 4) is 0 Å². The van der Waals surface area contributed by atoms with Crippen molar-refractivity contribution in [1.29, 1.82) is 0 Å². The van der Waals surface area contributed by atoms with E-state index in [0.29, 0.717) is 5.57 Å². The molecule has 0 aromatic heterocycles. The van der Waals surface area contributed by atoms with E-state index in [-0.39, 0.29) is 5.97 Å². The van der Waals surface area contributed by atoms with E-state index >= 15 is 0 Å². The smallest absolute Gasteiger partial charge is 0.332 e. The fraction of sp³-hybridized carbons (Fsp3) is 0.667. The average Bonchev–Trinajstić information content (AvgIpc) is 3.12. The van der Waals surface area contributed by atoms with Crippen LogP contribution in [0.3, 0.4) is 0 Å². The van der Waals surface area contributed by atoms with Gasteiger partial charge < -0.3 is 4.74 Å². The van der Waals surface area contributed by atoms with E-state index in [9.17, 15) is 4.79 Å². The van der Waals surface area contributed by atoms with Gasteiger partial charge in [0.25, 0.3) is 0 Å². The predicted molar refractivity (Wildman–Crippen MR) is 72.9 cm³/mol. The number of carbonyl (C=O) groups excluding carboxylic acids is 1. The van der Waals surface area contributed by atoms with Crippen LogP contribution in [0.25, 0.3) is 0 Å². The third-order valence-electron chi connectivity index (χ3n) is 2.56. The summed E-state index contributed by atoms with van der Waals surface area (Å²) >= 11 is 0. The number of allylic oxidation sites excluding steroid dienone is 2. The van der Waals surface area contributed by atoms with Crippen LogP contribution in [0.1, 0.15) is 58.8 Å². The van der Waals surface area contributed by atoms with Gasteiger partial charge in [0.15, 0.2) is 0 Å². The zero-order chi connectivity index (χ0) is 13.1. The van der Waals surface area contributed by atoms with Crippen molar-refractivity contribution < 1.29 is 9.53 Å². The Hall–Kier alpha value is -1.05. The highest BCUT2D eigenvalue weighted by Crippen LogP contribution is 2.28. The van der Waals surface area contributed by atoms with Gasteiger partial charge in [0.1, 0.15) is 0 Å². The fourth-order valence-electron chi connectivity index (χ4n) is 1.33. The first-order chi connectivity index (χ1) is 8.11. The second-order valence-electron chi connectivity index (χ2n) is 4.48. The molecule has 1 saturated carbocycles. The van der Waals surface area contributed by atoms with Crippen molar-refractivity contribution in [3.05, 3.63) is 23.8 Å². The molecule has 1 aliphatic rings. The Bertz CT molecular complexity index is 258. The molecule has 1 rings (SSSR count). The third-order valence-corrected chi connectivity index (χ3v) is 2.56. The molecule has 2 nitrogen and oxygen atoms in total. The van der Waals surface area contributed by atoms with Crippen LogP contribution in [0.4, 0.5) is 0 Å². The van der Waals surface area contributed by atoms with E-state index in [4.69, 9.17) is 0 Å². The number of esters is 1. The maximum Gasteiger partial charge on any atom is 0.332 e. The topological polar surface area (TPSA) is 26.3 Å². The summed E-state index contributed by atoms with van der Waals surface area (Å²) in [4.78, 5) is 10.2. The Balaban J connectivity index is 0.000000325. The fourth-order valence-corrected chi connectivity index (χ4v) is 1.33. The van der Waals surface area contributed by atoms with Gasteiger partial charge in [-0.3, -0.25) is 0 Å². The summed E-state index contributed by atoms with van der Waals surface area (Å²) < 4.78 is 4.27. The Morgan fingerprint density at radius 1 is 1.35 bits per heavy atom. The van der Waals surface area contributed by atoms with E-state index < -0.39 is 0 Å². The first-order valence-corrected chi connectivity index (χ1v) is 6.53. The average molecular weight is 238 g/mol. The van der Waals surface area contributed by atoms with Gasteiger partial charge in [-0.1, -0.05) is 44.4 Å². The Kier molecular flexibility index (Phi) is 9.50. The monoisotopic (exact) mass is 238 g/mol. The number of ether oxygens (including phenoxy) is 1. The van der Waals surface area contributed by atoms with Crippen molar-refractivity contribution in [2.75, 3.05) is 7.11 Å². The van der Waals surface area contributed by atoms with Crippen LogP contribution in [0.5, 0.6) is 0 Å². The highest BCUT2D eigenvalue weighted by Gasteiger charge is 2.08. The maximum atomic E-state index is 10.2. The lowest BCUT2D eigenvalue weighted by Crippen LogP contribution is -1.98. The van der Waals surface area contributed by atoms with Crippen molar-refractivity contribution >= 4 is 5.97 Å². The molecule has 0 atom stereocenters. The van der Waals surface area contributed by atoms with Crippen molar-refractivity contribution in [2.45, 2.75) is 58.8 Å². The van der Waals surface area contributed by atoms with E-state index in [1.807, 2.05) is 0 Å². The molecule has 0 radical (unpaired) electrons. The highest BCUT2D eigenvalue weighted by molar-refractivity contribution is 5.86. The minimum absolute atomic E-state index is 0.347. The van der Waals surface area contributed by atoms with Crippen LogP contribution in [-0.2, 0) is 9.53 Å². The standard InChI is InChI=1S/C10H18.C5H8O2/c1-2-3-4-5-6-7-10-8-9-10;1-4(2)5(6)7-3/h7H,2-6,8-9H2,1H3;1H2,2-3H3. The summed E-state index contributed by atoms with van der Waals surface area (Å²) in [5, 5.41) is 0. The van der Waals surface area contributed by atoms with Crippen LogP contribution in [0.15, 0.2) is 23.8 Å². The molecular weight excluding hydrogens is 212 g/mol. The minimum Gasteiger partial charge on any atom is -0.466 e. The SMILES string of the molecule is C=C(C)C(=O)OC.CCCCCCC=C1CC1. The molecule has 0 bridgehead atoms. The van der Waals surface area contributed by atoms with Gasteiger partial charge in [-0.15, -0.1) is 0 Å². The molecule has 0 aromatic rings. The largest absolute Gasteiger partial charge is 0.466 e. The van der Waals surface area contributed by atoms with Gasteiger partial charge in [-0.25, -0.2) is 4.79 Å². The van der Waals surface area contributed by atoms with Crippen LogP contribution >= 0.6 is 0 Å². The molecule has 17 heavy (non-hydrogen) atoms. The predicted octanol–water partition coefficient (Wildman–Crippen LogP) is 4.41. The second-order valence-corrected chi connectivity index (χ2v) is 4.48. The van der Waals surface area contributed by atoms with Gasteiger partial charge in [0.05, 0.1) is 7.11 Å². The van der Waals surface area contributed by atoms with Crippen molar-refractivity contribution in [2.24, 2.45) is 0 Å². The number of methoxy groups -OCH3 is 1. The van der Waals surface area contributed by atoms with Gasteiger partial charge in [-0.05, 0) is 32.6 Å². The van der Waals surface area contributed by atoms with E-state index in [2.05, 4.69) is 24.3 Å². The Morgan fingerprint density at radius 2 is 2.00 bits per heavy atom. The number of carbonyl (C=O) groups is 1. The molecule has 0 saturated heterocycles. The van der Waals surface area contributed by atoms with Crippen molar-refractivity contribution in [3.63, 3.8) is 0 Å². The molecule has 0 aromatic carbocycles. The first kappa shape index (κ1) is 16.0. The number of unbranched alkanes of at least 4 members (excludes halogenated alkanes) is 4. The lowest BCUT2D eigenvalue weighted by atomic mass is 10.1. The molecular formula is C15H26O2. The molecule has 0 amide bonds. The molecule has 0 N–H and O–H groups in total. The summed E-state index contributed by atoms with van der Waals surface area (Å²) in [6.07, 6.45) is 12.2. The van der Waals surface area contributed by atoms with Gasteiger partial charge in [0.2, 0.25) is 0 Å². The summed E-state index contributed by atoms with van der Waals surface area (Å²) in [6, 6.07) is 0. The van der Waals surface area contributed by atoms with E-state index in [1.54, 1.807) is 12.5 Å². The molecule has 2 heteroatoms. The van der Waals surface area contributed by atoms with Crippen LogP contribution in [-0.4, -0.2) is 13.1 Å². The number of hydrogen-bond donors (Lipinski definition) is 0. The zero-order valence-electron chi connectivity index (χ0n) is 11.6. The van der Waals surface area contributed by atoms with Gasteiger partial charge >= 0.3 is 5.97 Å². The minimum atomic E-state index is -0.347. The molecule has 0 unspecified atom stereocenters. The molecule has 0 spiro atoms. The van der Waals surface area contributed by atoms with Crippen molar-refractivity contribution in [1.82, 2.24) is 0 Å². The van der Waals surface area contributed by atoms with Gasteiger partial charge in [0, 0.05) is 5.57 Å². The molecule has 0 aliphatic heterocycles. The summed E-state index contributed by atoms with van der Waals surface area (Å²) in [5.41, 5.74) is 2.14. The first-order valence-electron chi connectivity index (χ1n) is 6.53. The van der Waals surface area contributed by atoms with Crippen LogP contribution < -0.4 is 0 Å². The van der Waals surface area contributed by atoms with Gasteiger partial charge in [-0.2, -0.15) is 0 Å². The lowest BCUT2D eigenvalue weighted by molar-refractivity contribution is -0.136. The number of hydrogen-bond acceptors (Lipinski definition) is 2. The zero-order valence-corrected chi connectivity index (χ0v) is 11.6. The molecule has 1 aliphatic carbocycles. The Labute approximate surface area is 106 Å². The maximum absolute atomic E-state index is 10.2. The molecule has 0 heterocycles. The second kappa shape index (κ2) is 10.1. The highest BCUT2D eigenvalue weighted by atomic mass is 16.5. The quantitative estimate of drug-likeness (QED) is 0.296. The summed E-state index contributed by atoms with van der Waals surface area (Å²) in [5.74, 6) is -0.347. The Morgan fingerprint density at radius 3 is 2.35 bits per heavy atom. The molecule has 98 valence electrons. The lowest BCUT2D eigenvalue weighted by Gasteiger charge is -1.92. The van der Waals surface area contributed by atoms with Crippen LogP contribution in [0, 0.1) is 0 Å². The molecule has 1 fully saturated rings. The number of rotatable bonds is 6. The third kappa shape index (κ3) is 11.2. The van der Waals surface area contributed by atoms with E-state index in [0.717, 1.165) is 0 Å². The summed E-state index contributed by atoms with van der Waals surface area (Å²) in [7, 11) is 1.33. The van der Waals surface area contributed by atoms with E-state index in [1.165, 1.54) is 52.1 Å². The van der Waals surface area contributed by atoms with Crippen LogP contribution in [0.2, 0.25) is 0 Å².